The van der Waals surface area contributed by atoms with Gasteiger partial charge in [-0.3, -0.25) is 4.79 Å². The second-order valence-electron chi connectivity index (χ2n) is 2.14. The minimum absolute atomic E-state index is 0.407. The van der Waals surface area contributed by atoms with E-state index in [1.54, 1.807) is 12.2 Å². The zero-order valence-electron chi connectivity index (χ0n) is 7.01. The lowest BCUT2D eigenvalue weighted by molar-refractivity contribution is -0.109. The Kier molecular flexibility index (Phi) is 5.61. The summed E-state index contributed by atoms with van der Waals surface area (Å²) in [5.41, 5.74) is 0.834. The molecule has 0 heterocycles. The fourth-order valence-corrected chi connectivity index (χ4v) is 0.614. The van der Waals surface area contributed by atoms with E-state index in [1.807, 2.05) is 6.92 Å². The fourth-order valence-electron chi connectivity index (χ4n) is 0.614. The summed E-state index contributed by atoms with van der Waals surface area (Å²) in [6.07, 6.45) is 5.21. The number of halogens is 1. The van der Waals surface area contributed by atoms with Crippen molar-refractivity contribution < 1.29 is 9.18 Å². The Morgan fingerprint density at radius 3 is 2.67 bits per heavy atom. The van der Waals surface area contributed by atoms with Crippen LogP contribution in [0.4, 0.5) is 4.39 Å². The number of allylic oxidation sites excluding steroid dienone is 3. The van der Waals surface area contributed by atoms with Gasteiger partial charge in [-0.15, -0.1) is 0 Å². The smallest absolute Gasteiger partial charge is 0.207 e. The number of carbonyl (C=O) groups is 1. The van der Waals surface area contributed by atoms with Gasteiger partial charge in [0.15, 0.2) is 0 Å². The second kappa shape index (κ2) is 6.34. The van der Waals surface area contributed by atoms with Crippen LogP contribution in [0.1, 0.15) is 6.92 Å². The van der Waals surface area contributed by atoms with Crippen molar-refractivity contribution in [3.05, 3.63) is 36.2 Å². The monoisotopic (exact) mass is 169 g/mol. The van der Waals surface area contributed by atoms with E-state index < -0.39 is 5.83 Å². The summed E-state index contributed by atoms with van der Waals surface area (Å²) in [5.74, 6) is -0.500. The van der Waals surface area contributed by atoms with E-state index in [4.69, 9.17) is 0 Å². The highest BCUT2D eigenvalue weighted by molar-refractivity contribution is 5.47. The molecule has 0 saturated carbocycles. The number of amides is 1. The van der Waals surface area contributed by atoms with Crippen LogP contribution in [0.3, 0.4) is 0 Å². The van der Waals surface area contributed by atoms with Gasteiger partial charge >= 0.3 is 0 Å². The number of rotatable bonds is 5. The summed E-state index contributed by atoms with van der Waals surface area (Å²) in [6, 6.07) is 0. The van der Waals surface area contributed by atoms with E-state index in [9.17, 15) is 9.18 Å². The molecule has 0 radical (unpaired) electrons. The highest BCUT2D eigenvalue weighted by Crippen LogP contribution is 1.99. The van der Waals surface area contributed by atoms with Crippen LogP contribution in [0.25, 0.3) is 0 Å². The average molecular weight is 169 g/mol. The maximum atomic E-state index is 12.1. The molecule has 0 fully saturated rings. The Labute approximate surface area is 71.5 Å². The normalized spacial score (nSPS) is 11.7. The van der Waals surface area contributed by atoms with Gasteiger partial charge in [-0.05, 0) is 18.6 Å². The third-order valence-electron chi connectivity index (χ3n) is 1.24. The summed E-state index contributed by atoms with van der Waals surface area (Å²) in [6.45, 7) is 5.29. The molecular formula is C9H12FNO. The number of hydrogen-bond acceptors (Lipinski definition) is 1. The molecule has 0 aliphatic carbocycles. The van der Waals surface area contributed by atoms with Crippen molar-refractivity contribution in [2.45, 2.75) is 6.92 Å². The van der Waals surface area contributed by atoms with Gasteiger partial charge in [-0.2, -0.15) is 0 Å². The molecular weight excluding hydrogens is 157 g/mol. The lowest BCUT2D eigenvalue weighted by atomic mass is 10.2. The first kappa shape index (κ1) is 10.6. The molecule has 3 heteroatoms. The molecule has 12 heavy (non-hydrogen) atoms. The highest BCUT2D eigenvalue weighted by atomic mass is 19.1. The SMILES string of the molecule is C=C(F)C=CC(=CC)CNC=O. The average Bonchev–Trinajstić information content (AvgIpc) is 2.05. The van der Waals surface area contributed by atoms with E-state index in [1.165, 1.54) is 6.08 Å². The first-order chi connectivity index (χ1) is 5.70. The maximum Gasteiger partial charge on any atom is 0.207 e. The molecule has 1 amide bonds. The van der Waals surface area contributed by atoms with Gasteiger partial charge in [0.1, 0.15) is 5.83 Å². The topological polar surface area (TPSA) is 29.1 Å². The van der Waals surface area contributed by atoms with E-state index in [2.05, 4.69) is 11.9 Å². The fraction of sp³-hybridized carbons (Fsp3) is 0.222. The van der Waals surface area contributed by atoms with Gasteiger partial charge in [0.2, 0.25) is 6.41 Å². The van der Waals surface area contributed by atoms with Gasteiger partial charge in [0.05, 0.1) is 0 Å². The van der Waals surface area contributed by atoms with E-state index >= 15 is 0 Å². The molecule has 0 aliphatic heterocycles. The van der Waals surface area contributed by atoms with Gasteiger partial charge in [0.25, 0.3) is 0 Å². The summed E-state index contributed by atoms with van der Waals surface area (Å²) < 4.78 is 12.1. The van der Waals surface area contributed by atoms with Crippen LogP contribution in [-0.2, 0) is 4.79 Å². The van der Waals surface area contributed by atoms with Crippen LogP contribution in [0.5, 0.6) is 0 Å². The van der Waals surface area contributed by atoms with Crippen LogP contribution in [-0.4, -0.2) is 13.0 Å². The Morgan fingerprint density at radius 1 is 1.58 bits per heavy atom. The summed E-state index contributed by atoms with van der Waals surface area (Å²) in [7, 11) is 0. The van der Waals surface area contributed by atoms with Crippen LogP contribution in [0.15, 0.2) is 36.2 Å². The molecule has 0 aliphatic rings. The van der Waals surface area contributed by atoms with Crippen LogP contribution < -0.4 is 5.32 Å². The van der Waals surface area contributed by atoms with Crippen LogP contribution >= 0.6 is 0 Å². The van der Waals surface area contributed by atoms with Gasteiger partial charge in [-0.1, -0.05) is 18.7 Å². The molecule has 0 aromatic heterocycles. The van der Waals surface area contributed by atoms with E-state index in [0.29, 0.717) is 13.0 Å². The van der Waals surface area contributed by atoms with Crippen molar-refractivity contribution >= 4 is 6.41 Å². The lowest BCUT2D eigenvalue weighted by Gasteiger charge is -1.97. The third kappa shape index (κ3) is 5.41. The van der Waals surface area contributed by atoms with Crippen LogP contribution in [0, 0.1) is 0 Å². The minimum atomic E-state index is -0.500. The van der Waals surface area contributed by atoms with E-state index in [-0.39, 0.29) is 0 Å². The molecule has 66 valence electrons. The zero-order valence-corrected chi connectivity index (χ0v) is 7.01. The number of hydrogen-bond donors (Lipinski definition) is 1. The van der Waals surface area contributed by atoms with Gasteiger partial charge in [0, 0.05) is 6.54 Å². The number of carbonyl (C=O) groups excluding carboxylic acids is 1. The molecule has 0 aromatic rings. The molecule has 0 bridgehead atoms. The van der Waals surface area contributed by atoms with Crippen molar-refractivity contribution in [3.63, 3.8) is 0 Å². The molecule has 0 unspecified atom stereocenters. The molecule has 0 spiro atoms. The summed E-state index contributed by atoms with van der Waals surface area (Å²) in [5, 5.41) is 2.47. The van der Waals surface area contributed by atoms with Crippen molar-refractivity contribution in [2.75, 3.05) is 6.54 Å². The zero-order chi connectivity index (χ0) is 9.40. The Balaban J connectivity index is 4.00. The second-order valence-corrected chi connectivity index (χ2v) is 2.14. The van der Waals surface area contributed by atoms with Crippen molar-refractivity contribution in [3.8, 4) is 0 Å². The molecule has 1 N–H and O–H groups in total. The molecule has 0 saturated heterocycles. The van der Waals surface area contributed by atoms with Crippen molar-refractivity contribution in [2.24, 2.45) is 0 Å². The highest BCUT2D eigenvalue weighted by Gasteiger charge is 1.88. The first-order valence-corrected chi connectivity index (χ1v) is 3.55. The number of nitrogens with one attached hydrogen (secondary N) is 1. The predicted octanol–water partition coefficient (Wildman–Crippen LogP) is 1.72. The van der Waals surface area contributed by atoms with Gasteiger partial charge in [-0.25, -0.2) is 4.39 Å². The first-order valence-electron chi connectivity index (χ1n) is 3.55. The Morgan fingerprint density at radius 2 is 2.25 bits per heavy atom. The standard InChI is InChI=1S/C9H12FNO/c1-3-9(6-11-7-12)5-4-8(2)10/h3-5,7H,2,6H2,1H3,(H,11,12). The third-order valence-corrected chi connectivity index (χ3v) is 1.24. The molecule has 0 rings (SSSR count). The van der Waals surface area contributed by atoms with Crippen molar-refractivity contribution in [1.82, 2.24) is 5.32 Å². The molecule has 2 nitrogen and oxygen atoms in total. The van der Waals surface area contributed by atoms with E-state index in [0.717, 1.165) is 5.57 Å². The maximum absolute atomic E-state index is 12.1. The minimum Gasteiger partial charge on any atom is -0.355 e. The van der Waals surface area contributed by atoms with Crippen molar-refractivity contribution in [1.29, 1.82) is 0 Å². The van der Waals surface area contributed by atoms with Crippen LogP contribution in [0.2, 0.25) is 0 Å². The summed E-state index contributed by atoms with van der Waals surface area (Å²) >= 11 is 0. The molecule has 0 atom stereocenters. The Hall–Kier alpha value is -1.38. The Bertz CT molecular complexity index is 219. The van der Waals surface area contributed by atoms with Gasteiger partial charge < -0.3 is 5.32 Å². The molecule has 0 aromatic carbocycles. The lowest BCUT2D eigenvalue weighted by Crippen LogP contribution is -2.13. The largest absolute Gasteiger partial charge is 0.355 e. The predicted molar refractivity (Wildman–Crippen MR) is 47.2 cm³/mol. The quantitative estimate of drug-likeness (QED) is 0.492. The summed E-state index contributed by atoms with van der Waals surface area (Å²) in [4.78, 5) is 9.91.